The minimum Gasteiger partial charge on any atom is -0.371 e. The molecule has 20 heavy (non-hydrogen) atoms. The molecule has 2 rings (SSSR count). The van der Waals surface area contributed by atoms with Crippen molar-refractivity contribution < 1.29 is 4.39 Å². The Labute approximate surface area is 122 Å². The lowest BCUT2D eigenvalue weighted by atomic mass is 9.88. The van der Waals surface area contributed by atoms with E-state index in [1.54, 1.807) is 12.1 Å². The fourth-order valence-electron chi connectivity index (χ4n) is 3.22. The number of nitrogens with zero attached hydrogens (tertiary/aromatic N) is 1. The van der Waals surface area contributed by atoms with Crippen LogP contribution in [0.4, 0.5) is 10.1 Å². The van der Waals surface area contributed by atoms with Gasteiger partial charge in [0.1, 0.15) is 5.82 Å². The van der Waals surface area contributed by atoms with Crippen molar-refractivity contribution in [2.75, 3.05) is 24.5 Å². The Bertz CT molecular complexity index is 431. The average Bonchev–Trinajstić information content (AvgIpc) is 2.80. The molecule has 1 heterocycles. The number of fused-ring (bicyclic) bond motifs is 1. The normalized spacial score (nSPS) is 15.8. The summed E-state index contributed by atoms with van der Waals surface area (Å²) in [5.41, 5.74) is 8.08. The third kappa shape index (κ3) is 3.72. The molecule has 0 spiro atoms. The molecular formula is C17H27FN2. The van der Waals surface area contributed by atoms with Gasteiger partial charge in [0.2, 0.25) is 0 Å². The van der Waals surface area contributed by atoms with Gasteiger partial charge in [-0.15, -0.1) is 0 Å². The van der Waals surface area contributed by atoms with Crippen LogP contribution in [-0.2, 0) is 6.42 Å². The van der Waals surface area contributed by atoms with E-state index in [2.05, 4.69) is 18.7 Å². The summed E-state index contributed by atoms with van der Waals surface area (Å²) < 4.78 is 13.4. The van der Waals surface area contributed by atoms with E-state index in [-0.39, 0.29) is 5.82 Å². The average molecular weight is 278 g/mol. The van der Waals surface area contributed by atoms with Crippen LogP contribution in [0.15, 0.2) is 18.2 Å². The molecule has 0 bridgehead atoms. The van der Waals surface area contributed by atoms with Crippen LogP contribution in [0.1, 0.15) is 38.7 Å². The van der Waals surface area contributed by atoms with Crippen LogP contribution in [0.5, 0.6) is 0 Å². The van der Waals surface area contributed by atoms with Crippen LogP contribution < -0.4 is 10.6 Å². The number of rotatable bonds is 7. The van der Waals surface area contributed by atoms with Crippen molar-refractivity contribution in [3.05, 3.63) is 29.6 Å². The highest BCUT2D eigenvalue weighted by Gasteiger charge is 2.20. The van der Waals surface area contributed by atoms with E-state index in [0.29, 0.717) is 5.92 Å². The van der Waals surface area contributed by atoms with Crippen LogP contribution in [0.3, 0.4) is 0 Å². The molecule has 2 N–H and O–H groups in total. The number of hydrogen-bond acceptors (Lipinski definition) is 2. The first-order valence-electron chi connectivity index (χ1n) is 7.85. The van der Waals surface area contributed by atoms with Gasteiger partial charge in [0, 0.05) is 18.8 Å². The van der Waals surface area contributed by atoms with Gasteiger partial charge in [-0.3, -0.25) is 0 Å². The largest absolute Gasteiger partial charge is 0.371 e. The summed E-state index contributed by atoms with van der Waals surface area (Å²) in [5.74, 6) is 1.29. The molecule has 0 aliphatic carbocycles. The molecule has 0 saturated carbocycles. The Kier molecular flexibility index (Phi) is 5.41. The molecule has 0 fully saturated rings. The summed E-state index contributed by atoms with van der Waals surface area (Å²) in [6.07, 6.45) is 4.55. The Hall–Kier alpha value is -1.09. The second kappa shape index (κ2) is 7.07. The molecule has 0 amide bonds. The van der Waals surface area contributed by atoms with E-state index in [0.717, 1.165) is 44.1 Å². The van der Waals surface area contributed by atoms with Gasteiger partial charge in [0.15, 0.2) is 0 Å². The molecule has 0 aromatic heterocycles. The molecule has 0 saturated heterocycles. The third-order valence-corrected chi connectivity index (χ3v) is 4.52. The van der Waals surface area contributed by atoms with Crippen molar-refractivity contribution in [1.29, 1.82) is 0 Å². The molecule has 1 aromatic carbocycles. The summed E-state index contributed by atoms with van der Waals surface area (Å²) in [5, 5.41) is 0. The van der Waals surface area contributed by atoms with E-state index in [9.17, 15) is 4.39 Å². The number of hydrogen-bond donors (Lipinski definition) is 1. The van der Waals surface area contributed by atoms with Crippen LogP contribution in [0, 0.1) is 17.7 Å². The molecule has 1 unspecified atom stereocenters. The number of nitrogens with two attached hydrogens (primary N) is 1. The van der Waals surface area contributed by atoms with Gasteiger partial charge in [-0.25, -0.2) is 4.39 Å². The zero-order valence-corrected chi connectivity index (χ0v) is 12.7. The molecule has 1 aliphatic rings. The zero-order valence-electron chi connectivity index (χ0n) is 12.7. The van der Waals surface area contributed by atoms with E-state index < -0.39 is 0 Å². The molecule has 1 atom stereocenters. The van der Waals surface area contributed by atoms with E-state index in [4.69, 9.17) is 5.73 Å². The summed E-state index contributed by atoms with van der Waals surface area (Å²) in [6, 6.07) is 5.18. The Balaban J connectivity index is 1.86. The van der Waals surface area contributed by atoms with Crippen LogP contribution in [0.2, 0.25) is 0 Å². The SMILES string of the molecule is CC(C)C(CCN)CCCN1CCc2ccc(F)cc21. The third-order valence-electron chi connectivity index (χ3n) is 4.52. The fraction of sp³-hybridized carbons (Fsp3) is 0.647. The van der Waals surface area contributed by atoms with Gasteiger partial charge in [0.05, 0.1) is 0 Å². The maximum atomic E-state index is 13.4. The monoisotopic (exact) mass is 278 g/mol. The summed E-state index contributed by atoms with van der Waals surface area (Å²) >= 11 is 0. The lowest BCUT2D eigenvalue weighted by Gasteiger charge is -2.23. The van der Waals surface area contributed by atoms with E-state index in [1.807, 2.05) is 6.07 Å². The molecule has 112 valence electrons. The maximum absolute atomic E-state index is 13.4. The zero-order chi connectivity index (χ0) is 14.5. The van der Waals surface area contributed by atoms with Crippen molar-refractivity contribution in [2.45, 2.75) is 39.5 Å². The summed E-state index contributed by atoms with van der Waals surface area (Å²) in [4.78, 5) is 2.33. The van der Waals surface area contributed by atoms with Gasteiger partial charge >= 0.3 is 0 Å². The Morgan fingerprint density at radius 3 is 2.80 bits per heavy atom. The van der Waals surface area contributed by atoms with Crippen molar-refractivity contribution in [3.63, 3.8) is 0 Å². The topological polar surface area (TPSA) is 29.3 Å². The Morgan fingerprint density at radius 2 is 2.10 bits per heavy atom. The summed E-state index contributed by atoms with van der Waals surface area (Å²) in [7, 11) is 0. The quantitative estimate of drug-likeness (QED) is 0.826. The van der Waals surface area contributed by atoms with Gasteiger partial charge in [-0.2, -0.15) is 0 Å². The highest BCUT2D eigenvalue weighted by molar-refractivity contribution is 5.58. The summed E-state index contributed by atoms with van der Waals surface area (Å²) in [6.45, 7) is 7.40. The molecule has 0 radical (unpaired) electrons. The number of benzene rings is 1. The van der Waals surface area contributed by atoms with E-state index >= 15 is 0 Å². The van der Waals surface area contributed by atoms with Crippen molar-refractivity contribution in [1.82, 2.24) is 0 Å². The molecular weight excluding hydrogens is 251 g/mol. The van der Waals surface area contributed by atoms with Gasteiger partial charge in [0.25, 0.3) is 0 Å². The maximum Gasteiger partial charge on any atom is 0.125 e. The highest BCUT2D eigenvalue weighted by Crippen LogP contribution is 2.29. The van der Waals surface area contributed by atoms with Crippen molar-refractivity contribution >= 4 is 5.69 Å². The molecule has 1 aromatic rings. The number of anilines is 1. The van der Waals surface area contributed by atoms with Crippen molar-refractivity contribution in [2.24, 2.45) is 17.6 Å². The molecule has 1 aliphatic heterocycles. The van der Waals surface area contributed by atoms with Gasteiger partial charge < -0.3 is 10.6 Å². The lowest BCUT2D eigenvalue weighted by Crippen LogP contribution is -2.23. The first-order valence-corrected chi connectivity index (χ1v) is 7.85. The predicted molar refractivity (Wildman–Crippen MR) is 83.6 cm³/mol. The minimum atomic E-state index is -0.126. The standard InChI is InChI=1S/C17H27FN2/c1-13(2)14(7-9-19)4-3-10-20-11-8-15-5-6-16(18)12-17(15)20/h5-6,12-14H,3-4,7-11,19H2,1-2H3. The van der Waals surface area contributed by atoms with Crippen LogP contribution in [-0.4, -0.2) is 19.6 Å². The molecule has 3 heteroatoms. The second-order valence-corrected chi connectivity index (χ2v) is 6.23. The second-order valence-electron chi connectivity index (χ2n) is 6.23. The molecule has 2 nitrogen and oxygen atoms in total. The van der Waals surface area contributed by atoms with E-state index in [1.165, 1.54) is 18.4 Å². The Morgan fingerprint density at radius 1 is 1.30 bits per heavy atom. The first kappa shape index (κ1) is 15.3. The van der Waals surface area contributed by atoms with Gasteiger partial charge in [-0.05, 0) is 61.8 Å². The van der Waals surface area contributed by atoms with Crippen molar-refractivity contribution in [3.8, 4) is 0 Å². The predicted octanol–water partition coefficient (Wildman–Crippen LogP) is 3.59. The van der Waals surface area contributed by atoms with Gasteiger partial charge in [-0.1, -0.05) is 19.9 Å². The lowest BCUT2D eigenvalue weighted by molar-refractivity contribution is 0.334. The number of halogens is 1. The highest BCUT2D eigenvalue weighted by atomic mass is 19.1. The van der Waals surface area contributed by atoms with Crippen LogP contribution >= 0.6 is 0 Å². The first-order chi connectivity index (χ1) is 9.61. The minimum absolute atomic E-state index is 0.126. The smallest absolute Gasteiger partial charge is 0.125 e. The fourth-order valence-corrected chi connectivity index (χ4v) is 3.22. The van der Waals surface area contributed by atoms with Crippen LogP contribution in [0.25, 0.3) is 0 Å².